The first-order chi connectivity index (χ1) is 12.1. The molecule has 1 amide bonds. The van der Waals surface area contributed by atoms with E-state index in [-0.39, 0.29) is 5.91 Å². The fourth-order valence-corrected chi connectivity index (χ4v) is 3.02. The third-order valence-electron chi connectivity index (χ3n) is 4.38. The van der Waals surface area contributed by atoms with E-state index in [9.17, 15) is 4.79 Å². The summed E-state index contributed by atoms with van der Waals surface area (Å²) in [5, 5.41) is 3.22. The van der Waals surface area contributed by atoms with Gasteiger partial charge < -0.3 is 15.0 Å². The van der Waals surface area contributed by atoms with E-state index in [4.69, 9.17) is 16.3 Å². The number of hydrogen-bond donors (Lipinski definition) is 1. The molecule has 0 spiro atoms. The van der Waals surface area contributed by atoms with E-state index in [0.29, 0.717) is 28.0 Å². The van der Waals surface area contributed by atoms with Gasteiger partial charge in [-0.1, -0.05) is 18.5 Å². The van der Waals surface area contributed by atoms with Gasteiger partial charge >= 0.3 is 0 Å². The molecule has 1 aromatic carbocycles. The molecule has 7 heteroatoms. The summed E-state index contributed by atoms with van der Waals surface area (Å²) < 4.78 is 5.10. The van der Waals surface area contributed by atoms with Crippen LogP contribution < -0.4 is 15.0 Å². The summed E-state index contributed by atoms with van der Waals surface area (Å²) >= 11 is 6.07. The van der Waals surface area contributed by atoms with Crippen molar-refractivity contribution in [2.24, 2.45) is 5.92 Å². The highest BCUT2D eigenvalue weighted by Gasteiger charge is 2.18. The van der Waals surface area contributed by atoms with E-state index in [1.807, 2.05) is 0 Å². The zero-order valence-electron chi connectivity index (χ0n) is 14.3. The topological polar surface area (TPSA) is 67.3 Å². The standard InChI is InChI=1S/C18H21ClN4O2/c1-12-5-7-23(8-6-12)18-20-10-13(11-21-18)17(24)22-14-3-4-16(25-2)15(19)9-14/h3-4,9-12H,5-8H2,1-2H3,(H,22,24). The largest absolute Gasteiger partial charge is 0.495 e. The van der Waals surface area contributed by atoms with Crippen molar-refractivity contribution in [1.29, 1.82) is 0 Å². The number of ether oxygens (including phenoxy) is 1. The second-order valence-corrected chi connectivity index (χ2v) is 6.65. The molecule has 2 aromatic rings. The molecule has 0 unspecified atom stereocenters. The third kappa shape index (κ3) is 4.20. The van der Waals surface area contributed by atoms with Crippen LogP contribution in [0.1, 0.15) is 30.1 Å². The van der Waals surface area contributed by atoms with Gasteiger partial charge in [-0.3, -0.25) is 4.79 Å². The smallest absolute Gasteiger partial charge is 0.258 e. The first-order valence-corrected chi connectivity index (χ1v) is 8.66. The maximum atomic E-state index is 12.3. The molecule has 3 rings (SSSR count). The second-order valence-electron chi connectivity index (χ2n) is 6.24. The highest BCUT2D eigenvalue weighted by Crippen LogP contribution is 2.27. The Morgan fingerprint density at radius 3 is 2.56 bits per heavy atom. The molecule has 2 heterocycles. The van der Waals surface area contributed by atoms with Gasteiger partial charge in [0, 0.05) is 31.2 Å². The monoisotopic (exact) mass is 360 g/mol. The molecule has 1 aromatic heterocycles. The summed E-state index contributed by atoms with van der Waals surface area (Å²) in [6.45, 7) is 4.17. The van der Waals surface area contributed by atoms with Crippen LogP contribution in [0, 0.1) is 5.92 Å². The van der Waals surface area contributed by atoms with Gasteiger partial charge in [-0.2, -0.15) is 0 Å². The Bertz CT molecular complexity index is 743. The fourth-order valence-electron chi connectivity index (χ4n) is 2.76. The van der Waals surface area contributed by atoms with Crippen molar-refractivity contribution >= 4 is 29.1 Å². The molecule has 1 N–H and O–H groups in total. The van der Waals surface area contributed by atoms with E-state index in [1.54, 1.807) is 37.7 Å². The van der Waals surface area contributed by atoms with Gasteiger partial charge in [0.05, 0.1) is 17.7 Å². The van der Waals surface area contributed by atoms with E-state index < -0.39 is 0 Å². The lowest BCUT2D eigenvalue weighted by Gasteiger charge is -2.30. The number of piperidine rings is 1. The van der Waals surface area contributed by atoms with Crippen molar-refractivity contribution in [3.63, 3.8) is 0 Å². The van der Waals surface area contributed by atoms with Crippen molar-refractivity contribution < 1.29 is 9.53 Å². The third-order valence-corrected chi connectivity index (χ3v) is 4.67. The Hall–Kier alpha value is -2.34. The van der Waals surface area contributed by atoms with E-state index in [1.165, 1.54) is 0 Å². The number of nitrogens with zero attached hydrogens (tertiary/aromatic N) is 3. The summed E-state index contributed by atoms with van der Waals surface area (Å²) in [6.07, 6.45) is 5.40. The number of nitrogens with one attached hydrogen (secondary N) is 1. The van der Waals surface area contributed by atoms with Gasteiger partial charge in [-0.25, -0.2) is 9.97 Å². The van der Waals surface area contributed by atoms with Crippen molar-refractivity contribution in [3.05, 3.63) is 41.2 Å². The minimum absolute atomic E-state index is 0.278. The Balaban J connectivity index is 1.65. The summed E-state index contributed by atoms with van der Waals surface area (Å²) in [6, 6.07) is 5.07. The van der Waals surface area contributed by atoms with Crippen LogP contribution in [-0.2, 0) is 0 Å². The van der Waals surface area contributed by atoms with Crippen LogP contribution in [0.2, 0.25) is 5.02 Å². The summed E-state index contributed by atoms with van der Waals surface area (Å²) in [5.41, 5.74) is 0.992. The summed E-state index contributed by atoms with van der Waals surface area (Å²) in [5.74, 6) is 1.71. The number of carbonyl (C=O) groups excluding carboxylic acids is 1. The number of amides is 1. The van der Waals surface area contributed by atoms with Gasteiger partial charge in [0.1, 0.15) is 5.75 Å². The molecule has 0 atom stereocenters. The number of rotatable bonds is 4. The molecule has 1 saturated heterocycles. The molecule has 1 fully saturated rings. The van der Waals surface area contributed by atoms with Crippen LogP contribution in [0.15, 0.2) is 30.6 Å². The fraction of sp³-hybridized carbons (Fsp3) is 0.389. The van der Waals surface area contributed by atoms with Crippen LogP contribution in [-0.4, -0.2) is 36.1 Å². The molecular formula is C18H21ClN4O2. The number of halogens is 1. The maximum Gasteiger partial charge on any atom is 0.258 e. The highest BCUT2D eigenvalue weighted by atomic mass is 35.5. The highest BCUT2D eigenvalue weighted by molar-refractivity contribution is 6.32. The van der Waals surface area contributed by atoms with Crippen LogP contribution in [0.5, 0.6) is 5.75 Å². The first-order valence-electron chi connectivity index (χ1n) is 8.28. The molecule has 1 aliphatic rings. The van der Waals surface area contributed by atoms with Crippen molar-refractivity contribution in [1.82, 2.24) is 9.97 Å². The molecule has 0 aliphatic carbocycles. The number of carbonyl (C=O) groups is 1. The van der Waals surface area contributed by atoms with Crippen molar-refractivity contribution in [2.75, 3.05) is 30.4 Å². The predicted molar refractivity (Wildman–Crippen MR) is 98.6 cm³/mol. The van der Waals surface area contributed by atoms with Gasteiger partial charge in [-0.15, -0.1) is 0 Å². The summed E-state index contributed by atoms with van der Waals surface area (Å²) in [7, 11) is 1.54. The molecule has 6 nitrogen and oxygen atoms in total. The SMILES string of the molecule is COc1ccc(NC(=O)c2cnc(N3CCC(C)CC3)nc2)cc1Cl. The normalized spacial score (nSPS) is 15.1. The Morgan fingerprint density at radius 1 is 1.28 bits per heavy atom. The van der Waals surface area contributed by atoms with Crippen LogP contribution >= 0.6 is 11.6 Å². The number of hydrogen-bond acceptors (Lipinski definition) is 5. The molecule has 132 valence electrons. The predicted octanol–water partition coefficient (Wildman–Crippen LogP) is 3.63. The molecule has 25 heavy (non-hydrogen) atoms. The maximum absolute atomic E-state index is 12.3. The minimum Gasteiger partial charge on any atom is -0.495 e. The van der Waals surface area contributed by atoms with Crippen LogP contribution in [0.4, 0.5) is 11.6 Å². The average molecular weight is 361 g/mol. The molecule has 0 radical (unpaired) electrons. The van der Waals surface area contributed by atoms with Gasteiger partial charge in [0.25, 0.3) is 5.91 Å². The van der Waals surface area contributed by atoms with Crippen LogP contribution in [0.25, 0.3) is 0 Å². The lowest BCUT2D eigenvalue weighted by molar-refractivity contribution is 0.102. The molecule has 1 aliphatic heterocycles. The quantitative estimate of drug-likeness (QED) is 0.901. The number of anilines is 2. The Kier molecular flexibility index (Phi) is 5.38. The van der Waals surface area contributed by atoms with Crippen LogP contribution in [0.3, 0.4) is 0 Å². The molecule has 0 saturated carbocycles. The zero-order valence-corrected chi connectivity index (χ0v) is 15.1. The average Bonchev–Trinajstić information content (AvgIpc) is 2.63. The minimum atomic E-state index is -0.278. The Morgan fingerprint density at radius 2 is 1.96 bits per heavy atom. The zero-order chi connectivity index (χ0) is 17.8. The first kappa shape index (κ1) is 17.5. The van der Waals surface area contributed by atoms with E-state index in [0.717, 1.165) is 31.8 Å². The second kappa shape index (κ2) is 7.70. The van der Waals surface area contributed by atoms with Gasteiger partial charge in [0.15, 0.2) is 0 Å². The van der Waals surface area contributed by atoms with E-state index in [2.05, 4.69) is 27.1 Å². The van der Waals surface area contributed by atoms with Crippen molar-refractivity contribution in [3.8, 4) is 5.75 Å². The molecule has 0 bridgehead atoms. The van der Waals surface area contributed by atoms with Crippen molar-refractivity contribution in [2.45, 2.75) is 19.8 Å². The van der Waals surface area contributed by atoms with Gasteiger partial charge in [-0.05, 0) is 37.0 Å². The number of aromatic nitrogens is 2. The van der Waals surface area contributed by atoms with E-state index >= 15 is 0 Å². The number of benzene rings is 1. The lowest BCUT2D eigenvalue weighted by atomic mass is 10.00. The Labute approximate surface area is 152 Å². The number of methoxy groups -OCH3 is 1. The van der Waals surface area contributed by atoms with Gasteiger partial charge in [0.2, 0.25) is 5.95 Å². The summed E-state index contributed by atoms with van der Waals surface area (Å²) in [4.78, 5) is 23.2. The molecular weight excluding hydrogens is 340 g/mol. The lowest BCUT2D eigenvalue weighted by Crippen LogP contribution is -2.34.